The molecule has 2 nitrogen and oxygen atoms in total. The summed E-state index contributed by atoms with van der Waals surface area (Å²) in [7, 11) is -0.0657. The van der Waals surface area contributed by atoms with Crippen molar-refractivity contribution in [2.45, 2.75) is 12.5 Å². The van der Waals surface area contributed by atoms with E-state index in [4.69, 9.17) is 5.11 Å². The molecule has 2 unspecified atom stereocenters. The van der Waals surface area contributed by atoms with Gasteiger partial charge in [0, 0.05) is 13.1 Å². The fourth-order valence-electron chi connectivity index (χ4n) is 1.28. The summed E-state index contributed by atoms with van der Waals surface area (Å²) >= 11 is 0. The maximum Gasteiger partial charge on any atom is 0.159 e. The quantitative estimate of drug-likeness (QED) is 0.596. The number of rotatable bonds is 2. The Morgan fingerprint density at radius 2 is 2.50 bits per heavy atom. The average molecular weight is 160 g/mol. The van der Waals surface area contributed by atoms with Gasteiger partial charge in [-0.25, -0.2) is 0 Å². The van der Waals surface area contributed by atoms with Crippen LogP contribution in [0.3, 0.4) is 0 Å². The van der Waals surface area contributed by atoms with E-state index < -0.39 is 0 Å². The van der Waals surface area contributed by atoms with Gasteiger partial charge in [0.2, 0.25) is 0 Å². The van der Waals surface area contributed by atoms with Gasteiger partial charge in [0.25, 0.3) is 0 Å². The molecule has 1 saturated heterocycles. The molecule has 1 rings (SSSR count). The molecule has 3 heteroatoms. The molecule has 0 spiro atoms. The Hall–Kier alpha value is 0.0900. The van der Waals surface area contributed by atoms with Gasteiger partial charge in [-0.15, -0.1) is 0 Å². The van der Waals surface area contributed by atoms with E-state index in [-0.39, 0.29) is 13.6 Å². The Kier molecular flexibility index (Phi) is 2.84. The van der Waals surface area contributed by atoms with Crippen LogP contribution < -0.4 is 0 Å². The van der Waals surface area contributed by atoms with Crippen molar-refractivity contribution < 1.29 is 5.11 Å². The first-order valence-corrected chi connectivity index (χ1v) is 5.76. The van der Waals surface area contributed by atoms with Crippen LogP contribution in [0.25, 0.3) is 0 Å². The molecule has 0 aromatic rings. The minimum Gasteiger partial charge on any atom is -0.392 e. The molecule has 2 atom stereocenters. The molecule has 58 valence electrons. The van der Waals surface area contributed by atoms with Crippen LogP contribution in [0.5, 0.6) is 0 Å². The first-order chi connectivity index (χ1) is 4.68. The molecule has 0 aliphatic carbocycles. The maximum absolute atomic E-state index is 9.16. The highest BCUT2D eigenvalue weighted by Gasteiger charge is 2.21. The Bertz CT molecular complexity index is 138. The first kappa shape index (κ1) is 8.19. The number of likely N-dealkylation sites (tertiary alicyclic amines) is 1. The van der Waals surface area contributed by atoms with Gasteiger partial charge in [-0.3, -0.25) is 4.90 Å². The van der Waals surface area contributed by atoms with Crippen LogP contribution in [0.4, 0.5) is 0 Å². The minimum absolute atomic E-state index is 0.0657. The van der Waals surface area contributed by atoms with E-state index in [1.54, 1.807) is 0 Å². The second kappa shape index (κ2) is 3.47. The summed E-state index contributed by atoms with van der Waals surface area (Å²) in [6, 6.07) is 0. The van der Waals surface area contributed by atoms with Crippen molar-refractivity contribution >= 4 is 13.8 Å². The molecule has 10 heavy (non-hydrogen) atoms. The van der Waals surface area contributed by atoms with Gasteiger partial charge in [0.1, 0.15) is 0 Å². The molecule has 1 fully saturated rings. The molecule has 1 aliphatic heterocycles. The van der Waals surface area contributed by atoms with Gasteiger partial charge in [-0.2, -0.15) is 0 Å². The van der Waals surface area contributed by atoms with Gasteiger partial charge in [-0.1, -0.05) is 0 Å². The van der Waals surface area contributed by atoms with Gasteiger partial charge in [-0.05, 0) is 6.42 Å². The Balaban J connectivity index is 2.24. The predicted octanol–water partition coefficient (Wildman–Crippen LogP) is 0.554. The highest BCUT2D eigenvalue weighted by molar-refractivity contribution is 7.54. The van der Waals surface area contributed by atoms with E-state index in [0.717, 1.165) is 25.8 Å². The van der Waals surface area contributed by atoms with Gasteiger partial charge >= 0.3 is 0 Å². The Labute approximate surface area is 63.2 Å². The number of aliphatic hydroxyl groups excluding tert-OH is 1. The van der Waals surface area contributed by atoms with E-state index in [0.29, 0.717) is 0 Å². The second-order valence-corrected chi connectivity index (χ2v) is 5.01. The monoisotopic (exact) mass is 160 g/mol. The van der Waals surface area contributed by atoms with Crippen molar-refractivity contribution in [1.82, 2.24) is 4.90 Å². The van der Waals surface area contributed by atoms with E-state index >= 15 is 0 Å². The molecule has 0 radical (unpaired) electrons. The standard InChI is InChI=1S/C7H15NOP/c1-10(2)6-8-4-3-7(9)5-8/h7,9H,1,3-6H2,2H3/q+1. The summed E-state index contributed by atoms with van der Waals surface area (Å²) < 4.78 is 0. The average Bonchev–Trinajstić information content (AvgIpc) is 2.13. The van der Waals surface area contributed by atoms with Crippen molar-refractivity contribution in [3.8, 4) is 0 Å². The summed E-state index contributed by atoms with van der Waals surface area (Å²) in [5, 5.41) is 9.16. The predicted molar refractivity (Wildman–Crippen MR) is 47.0 cm³/mol. The fraction of sp³-hybridized carbons (Fsp3) is 0.857. The van der Waals surface area contributed by atoms with Gasteiger partial charge < -0.3 is 5.11 Å². The normalized spacial score (nSPS) is 29.0. The molecule has 1 heterocycles. The van der Waals surface area contributed by atoms with Crippen LogP contribution in [0.2, 0.25) is 0 Å². The maximum atomic E-state index is 9.16. The van der Waals surface area contributed by atoms with Crippen molar-refractivity contribution in [2.24, 2.45) is 0 Å². The highest BCUT2D eigenvalue weighted by Crippen LogP contribution is 2.18. The van der Waals surface area contributed by atoms with Crippen molar-refractivity contribution in [3.05, 3.63) is 0 Å². The lowest BCUT2D eigenvalue weighted by molar-refractivity contribution is 0.181. The van der Waals surface area contributed by atoms with Crippen LogP contribution in [0.1, 0.15) is 6.42 Å². The molecule has 0 amide bonds. The summed E-state index contributed by atoms with van der Waals surface area (Å²) in [6.45, 7) is 4.09. The minimum atomic E-state index is -0.0741. The number of aliphatic hydroxyl groups is 1. The third-order valence-electron chi connectivity index (χ3n) is 1.69. The second-order valence-electron chi connectivity index (χ2n) is 3.02. The Morgan fingerprint density at radius 3 is 2.90 bits per heavy atom. The number of β-amino-alcohol motifs (C(OH)–C–C–N with tert-alkyl or cyclic N) is 1. The molecule has 0 saturated carbocycles. The van der Waals surface area contributed by atoms with Crippen molar-refractivity contribution in [1.29, 1.82) is 0 Å². The zero-order valence-electron chi connectivity index (χ0n) is 6.45. The lowest BCUT2D eigenvalue weighted by Crippen LogP contribution is -2.21. The molecule has 1 aliphatic rings. The van der Waals surface area contributed by atoms with Crippen LogP contribution in [0, 0.1) is 0 Å². The molecule has 0 bridgehead atoms. The third kappa shape index (κ3) is 2.37. The van der Waals surface area contributed by atoms with Crippen molar-refractivity contribution in [3.63, 3.8) is 0 Å². The fourth-order valence-corrected chi connectivity index (χ4v) is 2.22. The summed E-state index contributed by atoms with van der Waals surface area (Å²) in [4.78, 5) is 2.30. The summed E-state index contributed by atoms with van der Waals surface area (Å²) in [6.07, 6.45) is 5.93. The highest BCUT2D eigenvalue weighted by atomic mass is 31.1. The Morgan fingerprint density at radius 1 is 1.80 bits per heavy atom. The zero-order chi connectivity index (χ0) is 7.56. The van der Waals surface area contributed by atoms with Crippen molar-refractivity contribution in [2.75, 3.05) is 26.0 Å². The molecule has 0 aromatic heterocycles. The van der Waals surface area contributed by atoms with Crippen LogP contribution in [-0.4, -0.2) is 48.4 Å². The van der Waals surface area contributed by atoms with Crippen LogP contribution in [0.15, 0.2) is 0 Å². The lowest BCUT2D eigenvalue weighted by Gasteiger charge is -2.07. The topological polar surface area (TPSA) is 23.5 Å². The number of hydrogen-bond acceptors (Lipinski definition) is 2. The smallest absolute Gasteiger partial charge is 0.159 e. The summed E-state index contributed by atoms with van der Waals surface area (Å²) in [5.41, 5.74) is 0. The molecular weight excluding hydrogens is 145 g/mol. The van der Waals surface area contributed by atoms with E-state index in [1.165, 1.54) is 0 Å². The number of nitrogens with zero attached hydrogens (tertiary/aromatic N) is 1. The summed E-state index contributed by atoms with van der Waals surface area (Å²) in [5.74, 6) is 0. The van der Waals surface area contributed by atoms with Crippen LogP contribution >= 0.6 is 7.55 Å². The largest absolute Gasteiger partial charge is 0.392 e. The van der Waals surface area contributed by atoms with Crippen LogP contribution in [-0.2, 0) is 0 Å². The molecule has 1 N–H and O–H groups in total. The van der Waals surface area contributed by atoms with Gasteiger partial charge in [0.15, 0.2) is 6.29 Å². The number of hydrogen-bond donors (Lipinski definition) is 1. The SMILES string of the molecule is C=[P+](C)CN1CCC(O)C1. The molecular formula is C7H15NOP+. The zero-order valence-corrected chi connectivity index (χ0v) is 7.35. The molecule has 0 aromatic carbocycles. The third-order valence-corrected chi connectivity index (χ3v) is 2.57. The van der Waals surface area contributed by atoms with E-state index in [9.17, 15) is 0 Å². The first-order valence-electron chi connectivity index (χ1n) is 3.60. The van der Waals surface area contributed by atoms with E-state index in [1.807, 2.05) is 0 Å². The van der Waals surface area contributed by atoms with E-state index in [2.05, 4.69) is 17.9 Å². The van der Waals surface area contributed by atoms with Gasteiger partial charge in [0.05, 0.1) is 26.6 Å². The lowest BCUT2D eigenvalue weighted by atomic mass is 10.3.